The summed E-state index contributed by atoms with van der Waals surface area (Å²) in [5, 5.41) is 3.59. The zero-order chi connectivity index (χ0) is 10.5. The SMILES string of the molecule is CNC(CC1CC2CCC1C2)C1(C)CC1. The normalized spacial score (nSPS) is 43.2. The molecule has 0 spiro atoms. The second-order valence-corrected chi connectivity index (χ2v) is 6.67. The first-order valence-electron chi connectivity index (χ1n) is 6.88. The Balaban J connectivity index is 1.60. The lowest BCUT2D eigenvalue weighted by Gasteiger charge is -2.30. The van der Waals surface area contributed by atoms with Crippen LogP contribution in [0.1, 0.15) is 51.9 Å². The van der Waals surface area contributed by atoms with Crippen molar-refractivity contribution in [3.63, 3.8) is 0 Å². The smallest absolute Gasteiger partial charge is 0.0121 e. The molecule has 1 nitrogen and oxygen atoms in total. The van der Waals surface area contributed by atoms with Crippen molar-refractivity contribution in [2.45, 2.75) is 57.9 Å². The van der Waals surface area contributed by atoms with E-state index in [9.17, 15) is 0 Å². The van der Waals surface area contributed by atoms with Crippen LogP contribution in [0.5, 0.6) is 0 Å². The summed E-state index contributed by atoms with van der Waals surface area (Å²) in [5.74, 6) is 3.29. The maximum atomic E-state index is 3.59. The van der Waals surface area contributed by atoms with Crippen molar-refractivity contribution in [1.82, 2.24) is 5.32 Å². The second-order valence-electron chi connectivity index (χ2n) is 6.67. The van der Waals surface area contributed by atoms with Gasteiger partial charge in [0.25, 0.3) is 0 Å². The van der Waals surface area contributed by atoms with Crippen LogP contribution in [0.3, 0.4) is 0 Å². The Morgan fingerprint density at radius 2 is 2.07 bits per heavy atom. The highest BCUT2D eigenvalue weighted by Crippen LogP contribution is 2.54. The van der Waals surface area contributed by atoms with E-state index in [4.69, 9.17) is 0 Å². The van der Waals surface area contributed by atoms with E-state index in [1.807, 2.05) is 0 Å². The molecule has 4 unspecified atom stereocenters. The molecule has 3 aliphatic rings. The molecule has 3 fully saturated rings. The molecular formula is C14H25N. The Bertz CT molecular complexity index is 244. The summed E-state index contributed by atoms with van der Waals surface area (Å²) < 4.78 is 0. The number of nitrogens with one attached hydrogen (secondary N) is 1. The Morgan fingerprint density at radius 3 is 2.53 bits per heavy atom. The van der Waals surface area contributed by atoms with E-state index >= 15 is 0 Å². The van der Waals surface area contributed by atoms with Gasteiger partial charge in [-0.1, -0.05) is 13.3 Å². The molecule has 0 aromatic carbocycles. The molecule has 0 aliphatic heterocycles. The molecule has 86 valence electrons. The van der Waals surface area contributed by atoms with Gasteiger partial charge in [0.15, 0.2) is 0 Å². The van der Waals surface area contributed by atoms with Gasteiger partial charge >= 0.3 is 0 Å². The van der Waals surface area contributed by atoms with Crippen molar-refractivity contribution in [3.05, 3.63) is 0 Å². The highest BCUT2D eigenvalue weighted by molar-refractivity contribution is 5.01. The Hall–Kier alpha value is -0.0400. The van der Waals surface area contributed by atoms with E-state index in [0.29, 0.717) is 5.41 Å². The van der Waals surface area contributed by atoms with Crippen LogP contribution in [0.2, 0.25) is 0 Å². The van der Waals surface area contributed by atoms with Crippen LogP contribution in [0.25, 0.3) is 0 Å². The van der Waals surface area contributed by atoms with Crippen molar-refractivity contribution in [2.24, 2.45) is 23.2 Å². The van der Waals surface area contributed by atoms with Gasteiger partial charge in [0.1, 0.15) is 0 Å². The Labute approximate surface area is 94.0 Å². The molecule has 0 saturated heterocycles. The van der Waals surface area contributed by atoms with Crippen molar-refractivity contribution in [2.75, 3.05) is 7.05 Å². The molecule has 1 heteroatoms. The first-order valence-corrected chi connectivity index (χ1v) is 6.88. The van der Waals surface area contributed by atoms with E-state index in [0.717, 1.165) is 23.8 Å². The van der Waals surface area contributed by atoms with E-state index < -0.39 is 0 Å². The van der Waals surface area contributed by atoms with Crippen LogP contribution < -0.4 is 5.32 Å². The second kappa shape index (κ2) is 3.48. The van der Waals surface area contributed by atoms with Crippen LogP contribution in [0.15, 0.2) is 0 Å². The van der Waals surface area contributed by atoms with Gasteiger partial charge in [-0.3, -0.25) is 0 Å². The van der Waals surface area contributed by atoms with Crippen LogP contribution in [0.4, 0.5) is 0 Å². The Kier molecular flexibility index (Phi) is 2.35. The number of hydrogen-bond donors (Lipinski definition) is 1. The quantitative estimate of drug-likeness (QED) is 0.746. The third-order valence-electron chi connectivity index (χ3n) is 5.65. The summed E-state index contributed by atoms with van der Waals surface area (Å²) >= 11 is 0. The lowest BCUT2D eigenvalue weighted by Crippen LogP contribution is -2.36. The summed E-state index contributed by atoms with van der Waals surface area (Å²) in [4.78, 5) is 0. The molecule has 0 amide bonds. The van der Waals surface area contributed by atoms with Gasteiger partial charge < -0.3 is 5.32 Å². The predicted octanol–water partition coefficient (Wildman–Crippen LogP) is 3.20. The molecule has 4 atom stereocenters. The van der Waals surface area contributed by atoms with Gasteiger partial charge in [-0.2, -0.15) is 0 Å². The summed E-state index contributed by atoms with van der Waals surface area (Å²) in [6.45, 7) is 2.47. The number of rotatable bonds is 4. The van der Waals surface area contributed by atoms with Gasteiger partial charge in [-0.15, -0.1) is 0 Å². The fraction of sp³-hybridized carbons (Fsp3) is 1.00. The molecule has 3 rings (SSSR count). The average molecular weight is 207 g/mol. The van der Waals surface area contributed by atoms with Gasteiger partial charge in [0.05, 0.1) is 0 Å². The first-order chi connectivity index (χ1) is 7.21. The number of hydrogen-bond acceptors (Lipinski definition) is 1. The minimum absolute atomic E-state index is 0.663. The summed E-state index contributed by atoms with van der Waals surface area (Å²) in [6, 6.07) is 0.807. The fourth-order valence-electron chi connectivity index (χ4n) is 4.26. The maximum absolute atomic E-state index is 3.59. The molecule has 0 radical (unpaired) electrons. The number of fused-ring (bicyclic) bond motifs is 2. The summed E-state index contributed by atoms with van der Waals surface area (Å²) in [5.41, 5.74) is 0.663. The maximum Gasteiger partial charge on any atom is 0.0121 e. The fourth-order valence-corrected chi connectivity index (χ4v) is 4.26. The molecular weight excluding hydrogens is 182 g/mol. The van der Waals surface area contributed by atoms with E-state index in [1.54, 1.807) is 25.7 Å². The van der Waals surface area contributed by atoms with Gasteiger partial charge in [-0.25, -0.2) is 0 Å². The summed E-state index contributed by atoms with van der Waals surface area (Å²) in [7, 11) is 2.17. The zero-order valence-electron chi connectivity index (χ0n) is 10.3. The third-order valence-corrected chi connectivity index (χ3v) is 5.65. The molecule has 3 aliphatic carbocycles. The molecule has 0 heterocycles. The lowest BCUT2D eigenvalue weighted by atomic mass is 9.80. The molecule has 1 N–H and O–H groups in total. The highest BCUT2D eigenvalue weighted by atomic mass is 14.9. The zero-order valence-corrected chi connectivity index (χ0v) is 10.3. The minimum Gasteiger partial charge on any atom is -0.316 e. The largest absolute Gasteiger partial charge is 0.316 e. The highest BCUT2D eigenvalue weighted by Gasteiger charge is 2.47. The van der Waals surface area contributed by atoms with Gasteiger partial charge in [-0.05, 0) is 68.7 Å². The molecule has 15 heavy (non-hydrogen) atoms. The van der Waals surface area contributed by atoms with Crippen LogP contribution in [0, 0.1) is 23.2 Å². The monoisotopic (exact) mass is 207 g/mol. The molecule has 3 saturated carbocycles. The van der Waals surface area contributed by atoms with Crippen molar-refractivity contribution in [3.8, 4) is 0 Å². The van der Waals surface area contributed by atoms with Crippen LogP contribution >= 0.6 is 0 Å². The molecule has 0 aromatic heterocycles. The first kappa shape index (κ1) is 10.1. The molecule has 2 bridgehead atoms. The van der Waals surface area contributed by atoms with Crippen molar-refractivity contribution < 1.29 is 0 Å². The van der Waals surface area contributed by atoms with E-state index in [1.165, 1.54) is 19.3 Å². The van der Waals surface area contributed by atoms with E-state index in [2.05, 4.69) is 19.3 Å². The predicted molar refractivity (Wildman–Crippen MR) is 63.7 cm³/mol. The standard InChI is InChI=1S/C14H25N/c1-14(5-6-14)13(15-2)9-12-8-10-3-4-11(12)7-10/h10-13,15H,3-9H2,1-2H3. The average Bonchev–Trinajstić information content (AvgIpc) is 2.71. The molecule has 0 aromatic rings. The van der Waals surface area contributed by atoms with Crippen LogP contribution in [-0.2, 0) is 0 Å². The minimum atomic E-state index is 0.663. The lowest BCUT2D eigenvalue weighted by molar-refractivity contribution is 0.240. The van der Waals surface area contributed by atoms with Gasteiger partial charge in [0, 0.05) is 6.04 Å². The third kappa shape index (κ3) is 1.73. The topological polar surface area (TPSA) is 12.0 Å². The van der Waals surface area contributed by atoms with Crippen molar-refractivity contribution in [1.29, 1.82) is 0 Å². The van der Waals surface area contributed by atoms with Crippen molar-refractivity contribution >= 4 is 0 Å². The van der Waals surface area contributed by atoms with Crippen LogP contribution in [-0.4, -0.2) is 13.1 Å². The van der Waals surface area contributed by atoms with Gasteiger partial charge in [0.2, 0.25) is 0 Å². The Morgan fingerprint density at radius 1 is 1.27 bits per heavy atom. The summed E-state index contributed by atoms with van der Waals surface area (Å²) in [6.07, 6.45) is 10.6. The van der Waals surface area contributed by atoms with E-state index in [-0.39, 0.29) is 0 Å².